The largest absolute Gasteiger partial charge is 0.370 e. The van der Waals surface area contributed by atoms with Gasteiger partial charge in [-0.1, -0.05) is 0 Å². The number of urea groups is 1. The summed E-state index contributed by atoms with van der Waals surface area (Å²) in [6.07, 6.45) is 1.79. The molecule has 104 valence electrons. The molecule has 0 heterocycles. The maximum absolute atomic E-state index is 11.5. The van der Waals surface area contributed by atoms with Crippen molar-refractivity contribution >= 4 is 17.8 Å². The summed E-state index contributed by atoms with van der Waals surface area (Å²) in [5.41, 5.74) is 5.00. The van der Waals surface area contributed by atoms with Gasteiger partial charge in [0.05, 0.1) is 6.04 Å². The summed E-state index contributed by atoms with van der Waals surface area (Å²) in [7, 11) is 0. The van der Waals surface area contributed by atoms with Gasteiger partial charge in [-0.15, -0.1) is 0 Å². The molecule has 7 nitrogen and oxygen atoms in total. The average Bonchev–Trinajstić information content (AvgIpc) is 2.28. The molecule has 0 aromatic carbocycles. The second-order valence-corrected chi connectivity index (χ2v) is 3.95. The van der Waals surface area contributed by atoms with Crippen LogP contribution >= 0.6 is 0 Å². The first-order valence-electron chi connectivity index (χ1n) is 6.07. The van der Waals surface area contributed by atoms with Crippen LogP contribution in [0.5, 0.6) is 0 Å². The Morgan fingerprint density at radius 1 is 1.22 bits per heavy atom. The number of nitrogens with two attached hydrogens (primary N) is 1. The van der Waals surface area contributed by atoms with Gasteiger partial charge in [-0.2, -0.15) is 0 Å². The van der Waals surface area contributed by atoms with E-state index in [2.05, 4.69) is 16.0 Å². The highest BCUT2D eigenvalue weighted by Crippen LogP contribution is 1.93. The third kappa shape index (κ3) is 8.51. The fourth-order valence-electron chi connectivity index (χ4n) is 1.26. The Kier molecular flexibility index (Phi) is 8.55. The van der Waals surface area contributed by atoms with E-state index in [1.165, 1.54) is 0 Å². The third-order valence-corrected chi connectivity index (χ3v) is 2.27. The third-order valence-electron chi connectivity index (χ3n) is 2.27. The lowest BCUT2D eigenvalue weighted by Gasteiger charge is -2.13. The molecule has 0 saturated carbocycles. The van der Waals surface area contributed by atoms with Crippen molar-refractivity contribution in [2.75, 3.05) is 13.1 Å². The van der Waals surface area contributed by atoms with Crippen molar-refractivity contribution in [1.82, 2.24) is 16.0 Å². The molecule has 0 bridgehead atoms. The van der Waals surface area contributed by atoms with Crippen LogP contribution in [0.15, 0.2) is 0 Å². The highest BCUT2D eigenvalue weighted by atomic mass is 16.2. The standard InChI is InChI=1S/C11H22N4O3/c1-3-13-11(18)15-10(17)8(2)14-7-5-4-6-9(12)16/h8,14H,3-7H2,1-2H3,(H2,12,16)(H2,13,15,17,18). The zero-order valence-electron chi connectivity index (χ0n) is 10.9. The smallest absolute Gasteiger partial charge is 0.321 e. The summed E-state index contributed by atoms with van der Waals surface area (Å²) in [4.78, 5) is 33.1. The molecular formula is C11H22N4O3. The molecule has 0 aromatic rings. The monoisotopic (exact) mass is 258 g/mol. The molecule has 0 fully saturated rings. The van der Waals surface area contributed by atoms with Gasteiger partial charge in [0.1, 0.15) is 0 Å². The minimum absolute atomic E-state index is 0.322. The summed E-state index contributed by atoms with van der Waals surface area (Å²) in [5, 5.41) is 7.64. The van der Waals surface area contributed by atoms with Crippen LogP contribution in [0.25, 0.3) is 0 Å². The molecule has 0 aliphatic rings. The lowest BCUT2D eigenvalue weighted by Crippen LogP contribution is -2.48. The zero-order chi connectivity index (χ0) is 14.0. The van der Waals surface area contributed by atoms with E-state index in [-0.39, 0.29) is 11.8 Å². The van der Waals surface area contributed by atoms with Gasteiger partial charge in [0, 0.05) is 13.0 Å². The second kappa shape index (κ2) is 9.41. The van der Waals surface area contributed by atoms with E-state index in [1.807, 2.05) is 0 Å². The van der Waals surface area contributed by atoms with Crippen LogP contribution in [-0.4, -0.2) is 37.0 Å². The number of carbonyl (C=O) groups is 3. The average molecular weight is 258 g/mol. The van der Waals surface area contributed by atoms with Crippen molar-refractivity contribution in [3.8, 4) is 0 Å². The number of unbranched alkanes of at least 4 members (excludes halogenated alkanes) is 1. The summed E-state index contributed by atoms with van der Waals surface area (Å²) >= 11 is 0. The molecule has 0 radical (unpaired) electrons. The minimum atomic E-state index is -0.495. The first-order valence-corrected chi connectivity index (χ1v) is 6.07. The van der Waals surface area contributed by atoms with E-state index in [9.17, 15) is 14.4 Å². The van der Waals surface area contributed by atoms with Crippen molar-refractivity contribution in [2.45, 2.75) is 39.2 Å². The Labute approximate surface area is 107 Å². The highest BCUT2D eigenvalue weighted by Gasteiger charge is 2.14. The van der Waals surface area contributed by atoms with Gasteiger partial charge in [0.15, 0.2) is 0 Å². The quantitative estimate of drug-likeness (QED) is 0.438. The molecule has 0 aromatic heterocycles. The molecule has 7 heteroatoms. The van der Waals surface area contributed by atoms with Crippen molar-refractivity contribution in [1.29, 1.82) is 0 Å². The van der Waals surface area contributed by atoms with Crippen LogP contribution in [-0.2, 0) is 9.59 Å². The van der Waals surface area contributed by atoms with Crippen LogP contribution in [0.2, 0.25) is 0 Å². The lowest BCUT2D eigenvalue weighted by atomic mass is 10.2. The zero-order valence-corrected chi connectivity index (χ0v) is 10.9. The van der Waals surface area contributed by atoms with Crippen molar-refractivity contribution in [2.24, 2.45) is 5.73 Å². The van der Waals surface area contributed by atoms with Crippen molar-refractivity contribution in [3.05, 3.63) is 0 Å². The molecule has 1 atom stereocenters. The topological polar surface area (TPSA) is 113 Å². The molecule has 4 amide bonds. The molecular weight excluding hydrogens is 236 g/mol. The van der Waals surface area contributed by atoms with Gasteiger partial charge >= 0.3 is 6.03 Å². The minimum Gasteiger partial charge on any atom is -0.370 e. The number of amides is 4. The van der Waals surface area contributed by atoms with Crippen LogP contribution < -0.4 is 21.7 Å². The Bertz CT molecular complexity index is 294. The summed E-state index contributed by atoms with van der Waals surface area (Å²) in [6, 6.07) is -0.953. The van der Waals surface area contributed by atoms with Gasteiger partial charge in [-0.3, -0.25) is 14.9 Å². The SMILES string of the molecule is CCNC(=O)NC(=O)C(C)NCCCCC(N)=O. The Balaban J connectivity index is 3.68. The van der Waals surface area contributed by atoms with Gasteiger partial charge in [0.25, 0.3) is 0 Å². The number of rotatable bonds is 8. The first-order chi connectivity index (χ1) is 8.47. The number of hydrogen-bond donors (Lipinski definition) is 4. The maximum atomic E-state index is 11.5. The normalized spacial score (nSPS) is 11.7. The van der Waals surface area contributed by atoms with Crippen LogP contribution in [0.4, 0.5) is 4.79 Å². The second-order valence-electron chi connectivity index (χ2n) is 3.95. The number of imide groups is 1. The molecule has 5 N–H and O–H groups in total. The van der Waals surface area contributed by atoms with E-state index in [1.54, 1.807) is 13.8 Å². The van der Waals surface area contributed by atoms with E-state index in [0.717, 1.165) is 6.42 Å². The predicted molar refractivity (Wildman–Crippen MR) is 67.7 cm³/mol. The highest BCUT2D eigenvalue weighted by molar-refractivity contribution is 5.96. The van der Waals surface area contributed by atoms with Gasteiger partial charge in [0.2, 0.25) is 11.8 Å². The molecule has 18 heavy (non-hydrogen) atoms. The predicted octanol–water partition coefficient (Wildman–Crippen LogP) is -0.534. The Morgan fingerprint density at radius 3 is 2.44 bits per heavy atom. The van der Waals surface area contributed by atoms with Crippen molar-refractivity contribution < 1.29 is 14.4 Å². The van der Waals surface area contributed by atoms with Gasteiger partial charge < -0.3 is 16.4 Å². The number of carbonyl (C=O) groups excluding carboxylic acids is 3. The first kappa shape index (κ1) is 16.4. The molecule has 0 saturated heterocycles. The van der Waals surface area contributed by atoms with Crippen LogP contribution in [0.3, 0.4) is 0 Å². The Morgan fingerprint density at radius 2 is 1.89 bits per heavy atom. The molecule has 0 aliphatic carbocycles. The van der Waals surface area contributed by atoms with Crippen LogP contribution in [0.1, 0.15) is 33.1 Å². The molecule has 0 spiro atoms. The molecule has 1 unspecified atom stereocenters. The lowest BCUT2D eigenvalue weighted by molar-refractivity contribution is -0.121. The van der Waals surface area contributed by atoms with E-state index < -0.39 is 12.1 Å². The van der Waals surface area contributed by atoms with E-state index >= 15 is 0 Å². The number of nitrogens with one attached hydrogen (secondary N) is 3. The summed E-state index contributed by atoms with van der Waals surface area (Å²) < 4.78 is 0. The number of primary amides is 1. The summed E-state index contributed by atoms with van der Waals surface area (Å²) in [6.45, 7) is 4.50. The van der Waals surface area contributed by atoms with Gasteiger partial charge in [-0.05, 0) is 33.2 Å². The van der Waals surface area contributed by atoms with Crippen molar-refractivity contribution in [3.63, 3.8) is 0 Å². The fourth-order valence-corrected chi connectivity index (χ4v) is 1.26. The maximum Gasteiger partial charge on any atom is 0.321 e. The Hall–Kier alpha value is -1.63. The van der Waals surface area contributed by atoms with Gasteiger partial charge in [-0.25, -0.2) is 4.79 Å². The van der Waals surface area contributed by atoms with E-state index in [0.29, 0.717) is 25.9 Å². The van der Waals surface area contributed by atoms with E-state index in [4.69, 9.17) is 5.73 Å². The summed E-state index contributed by atoms with van der Waals surface area (Å²) in [5.74, 6) is -0.701. The molecule has 0 aliphatic heterocycles. The molecule has 0 rings (SSSR count). The fraction of sp³-hybridized carbons (Fsp3) is 0.727. The van der Waals surface area contributed by atoms with Crippen LogP contribution in [0, 0.1) is 0 Å². The number of hydrogen-bond acceptors (Lipinski definition) is 4.